The predicted octanol–water partition coefficient (Wildman–Crippen LogP) is 4.14. The van der Waals surface area contributed by atoms with Gasteiger partial charge in [-0.2, -0.15) is 0 Å². The molecule has 7 nitrogen and oxygen atoms in total. The first-order valence-electron chi connectivity index (χ1n) is 7.91. The molecule has 1 amide bonds. The number of nitro groups is 1. The molecule has 0 atom stereocenters. The number of carbonyl (C=O) groups excluding carboxylic acids is 1. The lowest BCUT2D eigenvalue weighted by molar-refractivity contribution is -0.384. The van der Waals surface area contributed by atoms with Crippen LogP contribution in [0.3, 0.4) is 0 Å². The molecule has 0 spiro atoms. The third-order valence-corrected chi connectivity index (χ3v) is 4.17. The Kier molecular flexibility index (Phi) is 5.09. The Hall–Kier alpha value is -3.06. The summed E-state index contributed by atoms with van der Waals surface area (Å²) in [7, 11) is 0. The number of halogens is 1. The SMILES string of the molecule is Cc1c(C(=O)NCCNc2ccccc2[N+](=O)[O-])oc2ccc(Cl)cc12. The van der Waals surface area contributed by atoms with Gasteiger partial charge in [-0.3, -0.25) is 14.9 Å². The van der Waals surface area contributed by atoms with Crippen LogP contribution in [0.25, 0.3) is 11.0 Å². The van der Waals surface area contributed by atoms with Gasteiger partial charge in [-0.25, -0.2) is 0 Å². The van der Waals surface area contributed by atoms with Crippen molar-refractivity contribution in [2.75, 3.05) is 18.4 Å². The second kappa shape index (κ2) is 7.45. The van der Waals surface area contributed by atoms with Crippen molar-refractivity contribution in [1.82, 2.24) is 5.32 Å². The van der Waals surface area contributed by atoms with Gasteiger partial charge in [-0.15, -0.1) is 0 Å². The summed E-state index contributed by atoms with van der Waals surface area (Å²) in [5.74, 6) is -0.118. The molecule has 1 heterocycles. The number of benzene rings is 2. The molecule has 0 aliphatic carbocycles. The van der Waals surface area contributed by atoms with E-state index in [9.17, 15) is 14.9 Å². The molecule has 0 saturated heterocycles. The number of carbonyl (C=O) groups is 1. The second-order valence-electron chi connectivity index (χ2n) is 5.65. The molecule has 134 valence electrons. The number of anilines is 1. The zero-order chi connectivity index (χ0) is 18.7. The van der Waals surface area contributed by atoms with Crippen molar-refractivity contribution >= 4 is 39.9 Å². The molecular formula is C18H16ClN3O4. The van der Waals surface area contributed by atoms with Crippen LogP contribution in [0.4, 0.5) is 11.4 Å². The quantitative estimate of drug-likeness (QED) is 0.384. The molecule has 0 fully saturated rings. The summed E-state index contributed by atoms with van der Waals surface area (Å²) in [5.41, 5.74) is 1.70. The van der Waals surface area contributed by atoms with E-state index in [1.807, 2.05) is 0 Å². The average molecular weight is 374 g/mol. The van der Waals surface area contributed by atoms with Crippen LogP contribution in [0.5, 0.6) is 0 Å². The third kappa shape index (κ3) is 3.62. The van der Waals surface area contributed by atoms with Crippen LogP contribution in [0.1, 0.15) is 16.1 Å². The van der Waals surface area contributed by atoms with Crippen LogP contribution in [-0.4, -0.2) is 23.9 Å². The number of nitrogens with zero attached hydrogens (tertiary/aromatic N) is 1. The Morgan fingerprint density at radius 3 is 2.77 bits per heavy atom. The molecule has 3 aromatic rings. The number of fused-ring (bicyclic) bond motifs is 1. The predicted molar refractivity (Wildman–Crippen MR) is 99.9 cm³/mol. The van der Waals surface area contributed by atoms with Crippen molar-refractivity contribution in [3.63, 3.8) is 0 Å². The number of amides is 1. The highest BCUT2D eigenvalue weighted by Gasteiger charge is 2.17. The van der Waals surface area contributed by atoms with Gasteiger partial charge in [0, 0.05) is 35.1 Å². The van der Waals surface area contributed by atoms with Gasteiger partial charge in [0.15, 0.2) is 5.76 Å². The molecular weight excluding hydrogens is 358 g/mol. The van der Waals surface area contributed by atoms with Gasteiger partial charge < -0.3 is 15.1 Å². The number of nitro benzene ring substituents is 1. The molecule has 0 aliphatic rings. The fraction of sp³-hybridized carbons (Fsp3) is 0.167. The number of para-hydroxylation sites is 2. The van der Waals surface area contributed by atoms with Crippen LogP contribution in [0.2, 0.25) is 5.02 Å². The Morgan fingerprint density at radius 1 is 1.23 bits per heavy atom. The van der Waals surface area contributed by atoms with E-state index in [4.69, 9.17) is 16.0 Å². The van der Waals surface area contributed by atoms with Crippen molar-refractivity contribution in [1.29, 1.82) is 0 Å². The van der Waals surface area contributed by atoms with E-state index in [-0.39, 0.29) is 23.9 Å². The van der Waals surface area contributed by atoms with E-state index < -0.39 is 4.92 Å². The Morgan fingerprint density at radius 2 is 2.00 bits per heavy atom. The maximum absolute atomic E-state index is 12.3. The zero-order valence-corrected chi connectivity index (χ0v) is 14.7. The van der Waals surface area contributed by atoms with Gasteiger partial charge in [0.2, 0.25) is 0 Å². The first-order valence-corrected chi connectivity index (χ1v) is 8.29. The fourth-order valence-corrected chi connectivity index (χ4v) is 2.82. The van der Waals surface area contributed by atoms with Crippen LogP contribution >= 0.6 is 11.6 Å². The first-order chi connectivity index (χ1) is 12.5. The van der Waals surface area contributed by atoms with Crippen LogP contribution in [0.15, 0.2) is 46.9 Å². The molecule has 8 heteroatoms. The topological polar surface area (TPSA) is 97.4 Å². The lowest BCUT2D eigenvalue weighted by Gasteiger charge is -2.07. The maximum Gasteiger partial charge on any atom is 0.292 e. The molecule has 2 N–H and O–H groups in total. The minimum absolute atomic E-state index is 0.0103. The van der Waals surface area contributed by atoms with Crippen molar-refractivity contribution < 1.29 is 14.1 Å². The van der Waals surface area contributed by atoms with E-state index >= 15 is 0 Å². The fourth-order valence-electron chi connectivity index (χ4n) is 2.65. The summed E-state index contributed by atoms with van der Waals surface area (Å²) < 4.78 is 5.60. The van der Waals surface area contributed by atoms with E-state index in [1.54, 1.807) is 43.3 Å². The van der Waals surface area contributed by atoms with Gasteiger partial charge in [-0.05, 0) is 31.2 Å². The summed E-state index contributed by atoms with van der Waals surface area (Å²) in [6.07, 6.45) is 0. The number of hydrogen-bond donors (Lipinski definition) is 2. The monoisotopic (exact) mass is 373 g/mol. The highest BCUT2D eigenvalue weighted by molar-refractivity contribution is 6.31. The highest BCUT2D eigenvalue weighted by atomic mass is 35.5. The van der Waals surface area contributed by atoms with Crippen LogP contribution in [-0.2, 0) is 0 Å². The molecule has 1 aromatic heterocycles. The lowest BCUT2D eigenvalue weighted by Crippen LogP contribution is -2.29. The van der Waals surface area contributed by atoms with E-state index in [1.165, 1.54) is 6.07 Å². The smallest absolute Gasteiger partial charge is 0.292 e. The summed E-state index contributed by atoms with van der Waals surface area (Å²) in [4.78, 5) is 22.8. The second-order valence-corrected chi connectivity index (χ2v) is 6.09. The zero-order valence-electron chi connectivity index (χ0n) is 13.9. The summed E-state index contributed by atoms with van der Waals surface area (Å²) in [5, 5.41) is 18.0. The minimum atomic E-state index is -0.455. The molecule has 0 saturated carbocycles. The van der Waals surface area contributed by atoms with Gasteiger partial charge in [0.05, 0.1) is 4.92 Å². The third-order valence-electron chi connectivity index (χ3n) is 3.93. The van der Waals surface area contributed by atoms with Crippen molar-refractivity contribution in [3.8, 4) is 0 Å². The molecule has 0 aliphatic heterocycles. The largest absolute Gasteiger partial charge is 0.451 e. The van der Waals surface area contributed by atoms with Crippen molar-refractivity contribution in [3.05, 3.63) is 68.9 Å². The Bertz CT molecular complexity index is 984. The molecule has 26 heavy (non-hydrogen) atoms. The van der Waals surface area contributed by atoms with E-state index in [0.29, 0.717) is 28.4 Å². The molecule has 0 bridgehead atoms. The standard InChI is InChI=1S/C18H16ClN3O4/c1-11-13-10-12(19)6-7-16(13)26-17(11)18(23)21-9-8-20-14-4-2-3-5-15(14)22(24)25/h2-7,10,20H,8-9H2,1H3,(H,21,23). The Balaban J connectivity index is 1.62. The number of aryl methyl sites for hydroxylation is 1. The maximum atomic E-state index is 12.3. The molecule has 0 radical (unpaired) electrons. The van der Waals surface area contributed by atoms with Crippen LogP contribution < -0.4 is 10.6 Å². The summed E-state index contributed by atoms with van der Waals surface area (Å²) in [6.45, 7) is 2.41. The van der Waals surface area contributed by atoms with E-state index in [2.05, 4.69) is 10.6 Å². The van der Waals surface area contributed by atoms with Gasteiger partial charge >= 0.3 is 0 Å². The van der Waals surface area contributed by atoms with E-state index in [0.717, 1.165) is 5.39 Å². The average Bonchev–Trinajstić information content (AvgIpc) is 2.95. The summed E-state index contributed by atoms with van der Waals surface area (Å²) >= 11 is 5.98. The number of hydrogen-bond acceptors (Lipinski definition) is 5. The number of rotatable bonds is 6. The normalized spacial score (nSPS) is 10.7. The number of nitrogens with one attached hydrogen (secondary N) is 2. The van der Waals surface area contributed by atoms with Crippen molar-refractivity contribution in [2.45, 2.75) is 6.92 Å². The molecule has 3 rings (SSSR count). The highest BCUT2D eigenvalue weighted by Crippen LogP contribution is 2.27. The first kappa shape index (κ1) is 17.8. The molecule has 0 unspecified atom stereocenters. The minimum Gasteiger partial charge on any atom is -0.451 e. The van der Waals surface area contributed by atoms with Gasteiger partial charge in [0.25, 0.3) is 11.6 Å². The van der Waals surface area contributed by atoms with Crippen LogP contribution in [0, 0.1) is 17.0 Å². The Labute approximate surface area is 154 Å². The number of furan rings is 1. The van der Waals surface area contributed by atoms with Gasteiger partial charge in [-0.1, -0.05) is 23.7 Å². The summed E-state index contributed by atoms with van der Waals surface area (Å²) in [6, 6.07) is 11.5. The lowest BCUT2D eigenvalue weighted by atomic mass is 10.1. The van der Waals surface area contributed by atoms with Gasteiger partial charge in [0.1, 0.15) is 11.3 Å². The van der Waals surface area contributed by atoms with Crippen molar-refractivity contribution in [2.24, 2.45) is 0 Å². The molecule has 2 aromatic carbocycles.